The summed E-state index contributed by atoms with van der Waals surface area (Å²) in [4.78, 5) is 12.1. The molecule has 0 atom stereocenters. The fourth-order valence-electron chi connectivity index (χ4n) is 0.920. The second-order valence-electron chi connectivity index (χ2n) is 2.47. The molecule has 0 spiro atoms. The Morgan fingerprint density at radius 2 is 1.91 bits per heavy atom. The fraction of sp³-hybridized carbons (Fsp3) is 0.250. The van der Waals surface area contributed by atoms with Crippen molar-refractivity contribution in [1.82, 2.24) is 0 Å². The quantitative estimate of drug-likeness (QED) is 0.605. The Morgan fingerprint density at radius 1 is 1.27 bits per heavy atom. The van der Waals surface area contributed by atoms with Crippen LogP contribution in [0.15, 0.2) is 29.4 Å². The summed E-state index contributed by atoms with van der Waals surface area (Å²) in [6.45, 7) is 0. The van der Waals surface area contributed by atoms with Crippen molar-refractivity contribution in [2.75, 3.05) is 19.0 Å². The highest BCUT2D eigenvalue weighted by atomic mass is 16.3. The minimum Gasteiger partial charge on any atom is -0.376 e. The summed E-state index contributed by atoms with van der Waals surface area (Å²) in [6, 6.07) is 7.23. The molecule has 0 amide bonds. The maximum Gasteiger partial charge on any atom is 0.131 e. The van der Waals surface area contributed by atoms with Crippen LogP contribution in [0.5, 0.6) is 0 Å². The van der Waals surface area contributed by atoms with Crippen LogP contribution in [0, 0.1) is 4.91 Å². The molecule has 0 bridgehead atoms. The predicted molar refractivity (Wildman–Crippen MR) is 46.2 cm³/mol. The number of para-hydroxylation sites is 1. The van der Waals surface area contributed by atoms with Crippen LogP contribution in [0.25, 0.3) is 0 Å². The van der Waals surface area contributed by atoms with E-state index in [4.69, 9.17) is 0 Å². The summed E-state index contributed by atoms with van der Waals surface area (Å²) in [5, 5.41) is 2.90. The lowest BCUT2D eigenvalue weighted by Crippen LogP contribution is -2.08. The largest absolute Gasteiger partial charge is 0.376 e. The molecule has 0 saturated heterocycles. The van der Waals surface area contributed by atoms with E-state index in [0.29, 0.717) is 5.69 Å². The minimum absolute atomic E-state index is 0.484. The topological polar surface area (TPSA) is 32.7 Å². The van der Waals surface area contributed by atoms with Gasteiger partial charge in [0.2, 0.25) is 0 Å². The van der Waals surface area contributed by atoms with E-state index in [1.54, 1.807) is 12.1 Å². The van der Waals surface area contributed by atoms with Gasteiger partial charge in [0.1, 0.15) is 5.69 Å². The summed E-state index contributed by atoms with van der Waals surface area (Å²) >= 11 is 0. The van der Waals surface area contributed by atoms with Crippen molar-refractivity contribution >= 4 is 11.4 Å². The third-order valence-corrected chi connectivity index (χ3v) is 1.46. The Kier molecular flexibility index (Phi) is 2.21. The van der Waals surface area contributed by atoms with Gasteiger partial charge in [-0.3, -0.25) is 0 Å². The van der Waals surface area contributed by atoms with E-state index in [0.717, 1.165) is 5.69 Å². The van der Waals surface area contributed by atoms with Crippen LogP contribution in [-0.2, 0) is 0 Å². The summed E-state index contributed by atoms with van der Waals surface area (Å²) in [6.07, 6.45) is 0. The summed E-state index contributed by atoms with van der Waals surface area (Å²) in [7, 11) is 3.76. The van der Waals surface area contributed by atoms with E-state index >= 15 is 0 Å². The van der Waals surface area contributed by atoms with Crippen molar-refractivity contribution in [3.8, 4) is 0 Å². The van der Waals surface area contributed by atoms with Crippen molar-refractivity contribution in [2.24, 2.45) is 5.18 Å². The van der Waals surface area contributed by atoms with E-state index in [2.05, 4.69) is 5.18 Å². The lowest BCUT2D eigenvalue weighted by molar-refractivity contribution is 1.13. The Bertz CT molecular complexity index is 258. The molecular formula is C8H10N2O. The van der Waals surface area contributed by atoms with Gasteiger partial charge in [0.05, 0.1) is 5.69 Å². The van der Waals surface area contributed by atoms with E-state index in [-0.39, 0.29) is 0 Å². The average Bonchev–Trinajstić information content (AvgIpc) is 2.04. The van der Waals surface area contributed by atoms with Crippen LogP contribution in [0.1, 0.15) is 0 Å². The Morgan fingerprint density at radius 3 is 2.36 bits per heavy atom. The molecule has 0 aliphatic rings. The average molecular weight is 150 g/mol. The van der Waals surface area contributed by atoms with Gasteiger partial charge in [0, 0.05) is 14.1 Å². The standard InChI is InChI=1S/C8H10N2O/c1-10(2)8-6-4-3-5-7(8)9-11/h3-6H,1-2H3. The van der Waals surface area contributed by atoms with Gasteiger partial charge in [-0.25, -0.2) is 0 Å². The highest BCUT2D eigenvalue weighted by Gasteiger charge is 2.01. The molecule has 0 heterocycles. The summed E-state index contributed by atoms with van der Waals surface area (Å²) in [5.41, 5.74) is 1.33. The van der Waals surface area contributed by atoms with Crippen molar-refractivity contribution in [2.45, 2.75) is 0 Å². The molecule has 0 saturated carbocycles. The zero-order valence-corrected chi connectivity index (χ0v) is 6.61. The minimum atomic E-state index is 0.484. The molecule has 0 N–H and O–H groups in total. The first-order valence-corrected chi connectivity index (χ1v) is 3.35. The zero-order chi connectivity index (χ0) is 8.27. The van der Waals surface area contributed by atoms with Crippen LogP contribution in [0.3, 0.4) is 0 Å². The van der Waals surface area contributed by atoms with Gasteiger partial charge in [-0.15, -0.1) is 4.91 Å². The summed E-state index contributed by atoms with van der Waals surface area (Å²) < 4.78 is 0. The fourth-order valence-corrected chi connectivity index (χ4v) is 0.920. The van der Waals surface area contributed by atoms with Crippen molar-refractivity contribution in [1.29, 1.82) is 0 Å². The maximum absolute atomic E-state index is 10.3. The maximum atomic E-state index is 10.3. The highest BCUT2D eigenvalue weighted by Crippen LogP contribution is 2.25. The van der Waals surface area contributed by atoms with Crippen LogP contribution >= 0.6 is 0 Å². The van der Waals surface area contributed by atoms with E-state index < -0.39 is 0 Å². The van der Waals surface area contributed by atoms with Crippen LogP contribution in [0.4, 0.5) is 11.4 Å². The lowest BCUT2D eigenvalue weighted by Gasteiger charge is -2.12. The number of anilines is 1. The molecule has 0 fully saturated rings. The normalized spacial score (nSPS) is 9.27. The Labute approximate surface area is 65.6 Å². The van der Waals surface area contributed by atoms with Crippen LogP contribution in [0.2, 0.25) is 0 Å². The molecule has 0 aromatic heterocycles. The molecule has 0 radical (unpaired) electrons. The smallest absolute Gasteiger partial charge is 0.131 e. The highest BCUT2D eigenvalue weighted by molar-refractivity contribution is 5.65. The monoisotopic (exact) mass is 150 g/mol. The van der Waals surface area contributed by atoms with Crippen LogP contribution in [-0.4, -0.2) is 14.1 Å². The first-order valence-electron chi connectivity index (χ1n) is 3.35. The number of hydrogen-bond acceptors (Lipinski definition) is 3. The van der Waals surface area contributed by atoms with Gasteiger partial charge in [0.25, 0.3) is 0 Å². The summed E-state index contributed by atoms with van der Waals surface area (Å²) in [5.74, 6) is 0. The molecule has 3 nitrogen and oxygen atoms in total. The number of nitrogens with zero attached hydrogens (tertiary/aromatic N) is 2. The molecule has 11 heavy (non-hydrogen) atoms. The molecular weight excluding hydrogens is 140 g/mol. The molecule has 1 aromatic carbocycles. The zero-order valence-electron chi connectivity index (χ0n) is 6.61. The molecule has 0 aliphatic heterocycles. The first-order chi connectivity index (χ1) is 5.25. The third-order valence-electron chi connectivity index (χ3n) is 1.46. The van der Waals surface area contributed by atoms with Gasteiger partial charge in [-0.1, -0.05) is 12.1 Å². The van der Waals surface area contributed by atoms with Gasteiger partial charge >= 0.3 is 0 Å². The van der Waals surface area contributed by atoms with E-state index in [1.165, 1.54) is 0 Å². The SMILES string of the molecule is CN(C)c1ccccc1N=O. The molecule has 58 valence electrons. The first kappa shape index (κ1) is 7.72. The number of benzene rings is 1. The van der Waals surface area contributed by atoms with Gasteiger partial charge in [0.15, 0.2) is 0 Å². The van der Waals surface area contributed by atoms with Crippen molar-refractivity contribution in [3.05, 3.63) is 29.2 Å². The number of rotatable bonds is 2. The molecule has 0 aliphatic carbocycles. The van der Waals surface area contributed by atoms with Gasteiger partial charge in [-0.05, 0) is 17.3 Å². The van der Waals surface area contributed by atoms with Gasteiger partial charge < -0.3 is 4.90 Å². The molecule has 0 unspecified atom stereocenters. The number of hydrogen-bond donors (Lipinski definition) is 0. The predicted octanol–water partition coefficient (Wildman–Crippen LogP) is 2.15. The second-order valence-corrected chi connectivity index (χ2v) is 2.47. The van der Waals surface area contributed by atoms with E-state index in [1.807, 2.05) is 31.1 Å². The van der Waals surface area contributed by atoms with E-state index in [9.17, 15) is 4.91 Å². The van der Waals surface area contributed by atoms with Crippen molar-refractivity contribution < 1.29 is 0 Å². The Balaban J connectivity index is 3.12. The molecule has 1 aromatic rings. The van der Waals surface area contributed by atoms with Gasteiger partial charge in [-0.2, -0.15) is 0 Å². The second kappa shape index (κ2) is 3.14. The molecule has 1 rings (SSSR count). The van der Waals surface area contributed by atoms with Crippen LogP contribution < -0.4 is 4.90 Å². The number of nitroso groups, excluding NO2 is 1. The van der Waals surface area contributed by atoms with Crippen molar-refractivity contribution in [3.63, 3.8) is 0 Å². The third kappa shape index (κ3) is 1.55. The Hall–Kier alpha value is -1.38. The lowest BCUT2D eigenvalue weighted by atomic mass is 10.2. The molecule has 3 heteroatoms.